The Bertz CT molecular complexity index is 488. The highest BCUT2D eigenvalue weighted by Crippen LogP contribution is 2.26. The summed E-state index contributed by atoms with van der Waals surface area (Å²) in [7, 11) is 1.56. The van der Waals surface area contributed by atoms with Gasteiger partial charge in [-0.3, -0.25) is 4.90 Å². The minimum absolute atomic E-state index is 0.209. The fourth-order valence-corrected chi connectivity index (χ4v) is 1.62. The number of rotatable bonds is 1. The Morgan fingerprint density at radius 3 is 3.12 bits per heavy atom. The van der Waals surface area contributed by atoms with E-state index in [9.17, 15) is 4.79 Å². The van der Waals surface area contributed by atoms with Gasteiger partial charge < -0.3 is 10.3 Å². The number of nitrogens with one attached hydrogen (secondary N) is 2. The van der Waals surface area contributed by atoms with Crippen LogP contribution in [0, 0.1) is 0 Å². The minimum Gasteiger partial charge on any atom is -0.361 e. The molecule has 1 aromatic rings. The first-order chi connectivity index (χ1) is 7.77. The van der Waals surface area contributed by atoms with E-state index in [-0.39, 0.29) is 6.03 Å². The number of carbonyl (C=O) groups is 1. The van der Waals surface area contributed by atoms with Gasteiger partial charge in [-0.25, -0.2) is 9.78 Å². The van der Waals surface area contributed by atoms with Crippen molar-refractivity contribution in [3.8, 4) is 0 Å². The molecule has 2 N–H and O–H groups in total. The van der Waals surface area contributed by atoms with Crippen LogP contribution in [0.3, 0.4) is 0 Å². The third-order valence-electron chi connectivity index (χ3n) is 2.41. The van der Waals surface area contributed by atoms with Crippen LogP contribution >= 0.6 is 0 Å². The Balaban J connectivity index is 2.08. The normalized spacial score (nSPS) is 19.2. The lowest BCUT2D eigenvalue weighted by molar-refractivity contribution is 0.165. The van der Waals surface area contributed by atoms with Gasteiger partial charge in [-0.2, -0.15) is 5.01 Å². The number of H-pyrrole nitrogens is 1. The molecule has 0 saturated heterocycles. The van der Waals surface area contributed by atoms with E-state index in [1.165, 1.54) is 9.91 Å². The molecule has 0 atom stereocenters. The summed E-state index contributed by atoms with van der Waals surface area (Å²) in [5, 5.41) is 12.0. The van der Waals surface area contributed by atoms with Crippen LogP contribution in [-0.4, -0.2) is 39.6 Å². The molecule has 0 aliphatic carbocycles. The van der Waals surface area contributed by atoms with Crippen LogP contribution in [0.4, 0.5) is 4.79 Å². The van der Waals surface area contributed by atoms with Crippen LogP contribution < -0.4 is 5.32 Å². The topological polar surface area (TPSA) is 89.0 Å². The van der Waals surface area contributed by atoms with Crippen molar-refractivity contribution in [3.05, 3.63) is 24.0 Å². The highest BCUT2D eigenvalue weighted by Gasteiger charge is 2.34. The largest absolute Gasteiger partial charge is 0.361 e. The van der Waals surface area contributed by atoms with E-state index >= 15 is 0 Å². The molecule has 82 valence electrons. The van der Waals surface area contributed by atoms with E-state index in [0.29, 0.717) is 24.0 Å². The van der Waals surface area contributed by atoms with Gasteiger partial charge in [0.1, 0.15) is 5.70 Å². The second-order valence-corrected chi connectivity index (χ2v) is 3.39. The fourth-order valence-electron chi connectivity index (χ4n) is 1.62. The standard InChI is InChI=1S/C8H9N7O/c1-14-8(16)15-4-11-5(7(15)12-13-14)6-9-2-3-10-6/h2-3,11H,4H2,1H3,(H,9,10). The summed E-state index contributed by atoms with van der Waals surface area (Å²) < 4.78 is 0. The predicted molar refractivity (Wildman–Crippen MR) is 53.4 cm³/mol. The van der Waals surface area contributed by atoms with Crippen molar-refractivity contribution in [2.45, 2.75) is 0 Å². The first kappa shape index (κ1) is 8.89. The van der Waals surface area contributed by atoms with Gasteiger partial charge in [0.05, 0.1) is 6.67 Å². The third kappa shape index (κ3) is 1.09. The Hall–Kier alpha value is -2.38. The molecule has 1 aromatic heterocycles. The molecule has 3 rings (SSSR count). The summed E-state index contributed by atoms with van der Waals surface area (Å²) in [6.07, 6.45) is 3.35. The maximum atomic E-state index is 11.7. The second-order valence-electron chi connectivity index (χ2n) is 3.39. The maximum Gasteiger partial charge on any atom is 0.348 e. The van der Waals surface area contributed by atoms with E-state index in [4.69, 9.17) is 0 Å². The molecule has 0 fully saturated rings. The molecule has 2 amide bonds. The van der Waals surface area contributed by atoms with Crippen molar-refractivity contribution >= 4 is 11.7 Å². The molecule has 0 spiro atoms. The molecule has 8 heteroatoms. The van der Waals surface area contributed by atoms with Crippen LogP contribution in [0.1, 0.15) is 5.82 Å². The van der Waals surface area contributed by atoms with Crippen molar-refractivity contribution < 1.29 is 4.79 Å². The average Bonchev–Trinajstić information content (AvgIpc) is 2.91. The molecule has 8 nitrogen and oxygen atoms in total. The molecule has 0 aromatic carbocycles. The van der Waals surface area contributed by atoms with Crippen molar-refractivity contribution in [1.82, 2.24) is 25.2 Å². The van der Waals surface area contributed by atoms with Gasteiger partial charge in [0.2, 0.25) is 0 Å². The van der Waals surface area contributed by atoms with Crippen molar-refractivity contribution in [3.63, 3.8) is 0 Å². The Labute approximate surface area is 90.6 Å². The Kier molecular flexibility index (Phi) is 1.70. The number of hydrogen-bond acceptors (Lipinski definition) is 5. The zero-order valence-electron chi connectivity index (χ0n) is 8.51. The van der Waals surface area contributed by atoms with Gasteiger partial charge in [-0.15, -0.1) is 5.11 Å². The number of urea groups is 1. The highest BCUT2D eigenvalue weighted by molar-refractivity contribution is 5.81. The van der Waals surface area contributed by atoms with Gasteiger partial charge in [0, 0.05) is 19.4 Å². The van der Waals surface area contributed by atoms with Crippen molar-refractivity contribution in [2.24, 2.45) is 10.3 Å². The van der Waals surface area contributed by atoms with Crippen LogP contribution in [0.2, 0.25) is 0 Å². The fraction of sp³-hybridized carbons (Fsp3) is 0.250. The first-order valence-corrected chi connectivity index (χ1v) is 4.72. The quantitative estimate of drug-likeness (QED) is 0.713. The van der Waals surface area contributed by atoms with E-state index in [1.54, 1.807) is 19.4 Å². The summed E-state index contributed by atoms with van der Waals surface area (Å²) >= 11 is 0. The molecule has 0 radical (unpaired) electrons. The molecule has 0 unspecified atom stereocenters. The number of aromatic amines is 1. The van der Waals surface area contributed by atoms with Crippen molar-refractivity contribution in [2.75, 3.05) is 13.7 Å². The van der Waals surface area contributed by atoms with E-state index < -0.39 is 0 Å². The average molecular weight is 219 g/mol. The maximum absolute atomic E-state index is 11.7. The van der Waals surface area contributed by atoms with Gasteiger partial charge >= 0.3 is 6.03 Å². The number of amides is 2. The smallest absolute Gasteiger partial charge is 0.348 e. The summed E-state index contributed by atoms with van der Waals surface area (Å²) in [5.74, 6) is 1.15. The number of hydrogen-bond donors (Lipinski definition) is 2. The molecular weight excluding hydrogens is 210 g/mol. The zero-order chi connectivity index (χ0) is 11.1. The summed E-state index contributed by atoms with van der Waals surface area (Å²) in [4.78, 5) is 20.3. The summed E-state index contributed by atoms with van der Waals surface area (Å²) in [5.41, 5.74) is 0.690. The Morgan fingerprint density at radius 2 is 2.38 bits per heavy atom. The van der Waals surface area contributed by atoms with Gasteiger partial charge in [0.25, 0.3) is 0 Å². The lowest BCUT2D eigenvalue weighted by Gasteiger charge is -2.23. The first-order valence-electron chi connectivity index (χ1n) is 4.72. The highest BCUT2D eigenvalue weighted by atomic mass is 16.2. The monoisotopic (exact) mass is 219 g/mol. The second kappa shape index (κ2) is 3.05. The van der Waals surface area contributed by atoms with E-state index in [1.807, 2.05) is 0 Å². The molecular formula is C8H9N7O. The zero-order valence-corrected chi connectivity index (χ0v) is 8.51. The molecule has 0 bridgehead atoms. The minimum atomic E-state index is -0.209. The molecule has 16 heavy (non-hydrogen) atoms. The third-order valence-corrected chi connectivity index (χ3v) is 2.41. The molecule has 2 aliphatic heterocycles. The van der Waals surface area contributed by atoms with E-state index in [2.05, 4.69) is 25.6 Å². The number of carbonyl (C=O) groups excluding carboxylic acids is 1. The van der Waals surface area contributed by atoms with Crippen LogP contribution in [0.25, 0.3) is 5.70 Å². The molecule has 0 saturated carbocycles. The van der Waals surface area contributed by atoms with Gasteiger partial charge in [0.15, 0.2) is 11.6 Å². The lowest BCUT2D eigenvalue weighted by Crippen LogP contribution is -2.40. The molecule has 3 heterocycles. The van der Waals surface area contributed by atoms with Crippen LogP contribution in [0.5, 0.6) is 0 Å². The lowest BCUT2D eigenvalue weighted by atomic mass is 10.4. The SMILES string of the molecule is CN1N=NC2=C(c3ncc[nH]3)NCN2C1=O. The van der Waals surface area contributed by atoms with Crippen LogP contribution in [0.15, 0.2) is 28.6 Å². The number of imidazole rings is 1. The predicted octanol–water partition coefficient (Wildman–Crippen LogP) is 0.331. The number of nitrogens with zero attached hydrogens (tertiary/aromatic N) is 5. The summed E-state index contributed by atoms with van der Waals surface area (Å²) in [6, 6.07) is -0.209. The van der Waals surface area contributed by atoms with E-state index in [0.717, 1.165) is 0 Å². The van der Waals surface area contributed by atoms with Crippen molar-refractivity contribution in [1.29, 1.82) is 0 Å². The number of fused-ring (bicyclic) bond motifs is 1. The Morgan fingerprint density at radius 1 is 1.50 bits per heavy atom. The summed E-state index contributed by atoms with van der Waals surface area (Å²) in [6.45, 7) is 0.382. The molecule has 2 aliphatic rings. The van der Waals surface area contributed by atoms with Gasteiger partial charge in [-0.1, -0.05) is 5.22 Å². The van der Waals surface area contributed by atoms with Crippen LogP contribution in [-0.2, 0) is 0 Å². The number of aromatic nitrogens is 2. The van der Waals surface area contributed by atoms with Gasteiger partial charge in [-0.05, 0) is 0 Å².